The second-order valence-corrected chi connectivity index (χ2v) is 9.03. The summed E-state index contributed by atoms with van der Waals surface area (Å²) < 4.78 is 11.3. The number of nitrogens with zero attached hydrogens (tertiary/aromatic N) is 2. The average Bonchev–Trinajstić information content (AvgIpc) is 3.16. The van der Waals surface area contributed by atoms with E-state index in [9.17, 15) is 19.7 Å². The number of aromatic carboxylic acids is 1. The number of fused-ring (bicyclic) bond motifs is 1. The number of benzene rings is 1. The van der Waals surface area contributed by atoms with Crippen molar-refractivity contribution in [2.75, 3.05) is 33.7 Å². The lowest BCUT2D eigenvalue weighted by Gasteiger charge is -2.39. The number of carboxylic acid groups (broad SMARTS) is 1. The molecular weight excluding hydrogens is 413 g/mol. The monoisotopic (exact) mass is 443 g/mol. The first kappa shape index (κ1) is 22.5. The van der Waals surface area contributed by atoms with Crippen LogP contribution in [0.2, 0.25) is 6.32 Å². The fourth-order valence-electron chi connectivity index (χ4n) is 4.52. The second kappa shape index (κ2) is 9.03. The van der Waals surface area contributed by atoms with Crippen molar-refractivity contribution in [2.45, 2.75) is 37.7 Å². The number of ether oxygens (including phenoxy) is 1. The van der Waals surface area contributed by atoms with Crippen LogP contribution in [-0.2, 0) is 11.2 Å². The molecule has 32 heavy (non-hydrogen) atoms. The van der Waals surface area contributed by atoms with Crippen LogP contribution in [0.3, 0.4) is 0 Å². The summed E-state index contributed by atoms with van der Waals surface area (Å²) in [5, 5.41) is 22.9. The third kappa shape index (κ3) is 4.56. The van der Waals surface area contributed by atoms with Gasteiger partial charge < -0.3 is 34.6 Å². The highest BCUT2D eigenvalue weighted by atomic mass is 16.5. The van der Waals surface area contributed by atoms with Crippen LogP contribution in [0.4, 0.5) is 0 Å². The summed E-state index contributed by atoms with van der Waals surface area (Å²) in [6.45, 7) is 5.74. The summed E-state index contributed by atoms with van der Waals surface area (Å²) in [5.74, 6) is -0.438. The number of nitrogens with one attached hydrogen (secondary N) is 1. The minimum absolute atomic E-state index is 0.0739. The molecule has 9 nitrogen and oxygen atoms in total. The van der Waals surface area contributed by atoms with Crippen molar-refractivity contribution in [1.82, 2.24) is 15.1 Å². The van der Waals surface area contributed by atoms with Gasteiger partial charge in [0.1, 0.15) is 23.2 Å². The molecule has 0 radical (unpaired) electrons. The number of hydrogen-bond donors (Lipinski definition) is 3. The highest BCUT2D eigenvalue weighted by molar-refractivity contribution is 6.44. The Labute approximate surface area is 188 Å². The topological polar surface area (TPSA) is 112 Å². The number of carboxylic acids is 1. The van der Waals surface area contributed by atoms with Crippen LogP contribution >= 0.6 is 0 Å². The Kier molecular flexibility index (Phi) is 6.34. The number of carbonyl (C=O) groups is 2. The molecule has 2 fully saturated rings. The summed E-state index contributed by atoms with van der Waals surface area (Å²) in [5.41, 5.74) is 1.69. The van der Waals surface area contributed by atoms with Crippen molar-refractivity contribution in [3.8, 4) is 11.5 Å². The first-order valence-corrected chi connectivity index (χ1v) is 11.0. The van der Waals surface area contributed by atoms with Crippen LogP contribution in [0.1, 0.15) is 28.8 Å². The average molecular weight is 443 g/mol. The number of rotatable bonds is 7. The van der Waals surface area contributed by atoms with Gasteiger partial charge in [-0.2, -0.15) is 0 Å². The van der Waals surface area contributed by atoms with Gasteiger partial charge in [-0.3, -0.25) is 4.79 Å². The molecule has 2 saturated heterocycles. The number of aryl methyl sites for hydroxylation is 1. The van der Waals surface area contributed by atoms with Crippen LogP contribution in [0.15, 0.2) is 24.4 Å². The van der Waals surface area contributed by atoms with E-state index in [0.717, 1.165) is 24.2 Å². The highest BCUT2D eigenvalue weighted by Crippen LogP contribution is 2.37. The standard InChI is InChI=1S/C22H30BN3O6/c1-13(25(2)3)17-8-14(10-24-17)9-19(27)26-11-16(12-26)31-18-5-4-15-6-7-23(30)32-21(15)20(18)22(28)29/h4-5,14,16-17,24,30H,1,6-12H2,2-3H3,(H,28,29)/t14-,17+/m1/s1. The maximum Gasteiger partial charge on any atom is 0.522 e. The van der Waals surface area contributed by atoms with Gasteiger partial charge >= 0.3 is 13.1 Å². The van der Waals surface area contributed by atoms with Gasteiger partial charge in [0.05, 0.1) is 13.1 Å². The molecular formula is C22H30BN3O6. The van der Waals surface area contributed by atoms with Gasteiger partial charge in [-0.1, -0.05) is 12.6 Å². The zero-order valence-corrected chi connectivity index (χ0v) is 18.5. The van der Waals surface area contributed by atoms with E-state index in [0.29, 0.717) is 32.3 Å². The Hall–Kier alpha value is -2.72. The fourth-order valence-corrected chi connectivity index (χ4v) is 4.52. The van der Waals surface area contributed by atoms with Crippen LogP contribution in [0.5, 0.6) is 11.5 Å². The van der Waals surface area contributed by atoms with E-state index in [-0.39, 0.29) is 41.0 Å². The van der Waals surface area contributed by atoms with E-state index in [2.05, 4.69) is 11.9 Å². The quantitative estimate of drug-likeness (QED) is 0.532. The van der Waals surface area contributed by atoms with E-state index >= 15 is 0 Å². The number of carbonyl (C=O) groups excluding carboxylic acids is 1. The van der Waals surface area contributed by atoms with E-state index in [1.807, 2.05) is 19.0 Å². The van der Waals surface area contributed by atoms with Crippen molar-refractivity contribution in [2.24, 2.45) is 5.92 Å². The number of hydrogen-bond acceptors (Lipinski definition) is 7. The summed E-state index contributed by atoms with van der Waals surface area (Å²) in [6.07, 6.45) is 2.06. The summed E-state index contributed by atoms with van der Waals surface area (Å²) in [7, 11) is 2.91. The molecule has 2 atom stereocenters. The molecule has 3 N–H and O–H groups in total. The molecule has 10 heteroatoms. The number of likely N-dealkylation sites (tertiary alicyclic amines) is 1. The third-order valence-corrected chi connectivity index (χ3v) is 6.49. The zero-order valence-electron chi connectivity index (χ0n) is 18.5. The molecule has 1 aromatic carbocycles. The summed E-state index contributed by atoms with van der Waals surface area (Å²) in [6, 6.07) is 3.61. The highest BCUT2D eigenvalue weighted by Gasteiger charge is 2.37. The predicted molar refractivity (Wildman–Crippen MR) is 119 cm³/mol. The molecule has 0 bridgehead atoms. The largest absolute Gasteiger partial charge is 0.535 e. The lowest BCUT2D eigenvalue weighted by Crippen LogP contribution is -2.56. The normalized spacial score (nSPS) is 22.6. The van der Waals surface area contributed by atoms with Crippen molar-refractivity contribution in [1.29, 1.82) is 0 Å². The minimum atomic E-state index is -1.17. The molecule has 4 rings (SSSR count). The van der Waals surface area contributed by atoms with Crippen LogP contribution < -0.4 is 14.7 Å². The molecule has 0 spiro atoms. The first-order chi connectivity index (χ1) is 15.2. The Morgan fingerprint density at radius 1 is 1.38 bits per heavy atom. The Morgan fingerprint density at radius 2 is 2.12 bits per heavy atom. The molecule has 1 aromatic rings. The molecule has 172 valence electrons. The maximum absolute atomic E-state index is 12.7. The van der Waals surface area contributed by atoms with Gasteiger partial charge in [0.2, 0.25) is 5.91 Å². The van der Waals surface area contributed by atoms with Gasteiger partial charge in [-0.25, -0.2) is 4.79 Å². The third-order valence-electron chi connectivity index (χ3n) is 6.49. The van der Waals surface area contributed by atoms with Crippen LogP contribution in [0, 0.1) is 5.92 Å². The smallest absolute Gasteiger partial charge is 0.522 e. The first-order valence-electron chi connectivity index (χ1n) is 11.0. The van der Waals surface area contributed by atoms with Crippen molar-refractivity contribution < 1.29 is 29.1 Å². The zero-order chi connectivity index (χ0) is 23.0. The number of likely N-dealkylation sites (N-methyl/N-ethyl adjacent to an activating group) is 1. The van der Waals surface area contributed by atoms with E-state index in [1.165, 1.54) is 0 Å². The van der Waals surface area contributed by atoms with Crippen molar-refractivity contribution >= 4 is 19.0 Å². The predicted octanol–water partition coefficient (Wildman–Crippen LogP) is 0.833. The van der Waals surface area contributed by atoms with Gasteiger partial charge in [-0.05, 0) is 43.3 Å². The molecule has 0 saturated carbocycles. The maximum atomic E-state index is 12.7. The van der Waals surface area contributed by atoms with E-state index < -0.39 is 13.1 Å². The van der Waals surface area contributed by atoms with E-state index in [1.54, 1.807) is 17.0 Å². The lowest BCUT2D eigenvalue weighted by atomic mass is 9.78. The Bertz CT molecular complexity index is 917. The summed E-state index contributed by atoms with van der Waals surface area (Å²) >= 11 is 0. The fraction of sp³-hybridized carbons (Fsp3) is 0.545. The van der Waals surface area contributed by atoms with E-state index in [4.69, 9.17) is 9.39 Å². The van der Waals surface area contributed by atoms with Crippen LogP contribution in [0.25, 0.3) is 0 Å². The Morgan fingerprint density at radius 3 is 2.81 bits per heavy atom. The Balaban J connectivity index is 1.31. The van der Waals surface area contributed by atoms with Gasteiger partial charge in [0.25, 0.3) is 0 Å². The van der Waals surface area contributed by atoms with Gasteiger partial charge in [0.15, 0.2) is 0 Å². The van der Waals surface area contributed by atoms with Gasteiger partial charge in [-0.15, -0.1) is 0 Å². The van der Waals surface area contributed by atoms with Gasteiger partial charge in [0, 0.05) is 32.3 Å². The van der Waals surface area contributed by atoms with Crippen molar-refractivity contribution in [3.05, 3.63) is 35.5 Å². The van der Waals surface area contributed by atoms with Crippen LogP contribution in [-0.4, -0.2) is 84.8 Å². The molecule has 0 aromatic heterocycles. The van der Waals surface area contributed by atoms with Crippen molar-refractivity contribution in [3.63, 3.8) is 0 Å². The molecule has 3 aliphatic rings. The number of amides is 1. The molecule has 3 aliphatic heterocycles. The lowest BCUT2D eigenvalue weighted by molar-refractivity contribution is -0.140. The molecule has 3 heterocycles. The summed E-state index contributed by atoms with van der Waals surface area (Å²) in [4.78, 5) is 28.3. The second-order valence-electron chi connectivity index (χ2n) is 9.03. The minimum Gasteiger partial charge on any atom is -0.535 e. The molecule has 1 amide bonds. The molecule has 0 aliphatic carbocycles. The SMILES string of the molecule is C=C([C@@H]1C[C@H](CC(=O)N2CC(Oc3ccc4c(c3C(=O)O)OB(O)CC4)C2)CN1)N(C)C. The molecule has 0 unspecified atom stereocenters.